The van der Waals surface area contributed by atoms with Gasteiger partial charge in [-0.15, -0.1) is 0 Å². The summed E-state index contributed by atoms with van der Waals surface area (Å²) in [7, 11) is 0. The van der Waals surface area contributed by atoms with E-state index >= 15 is 0 Å². The monoisotopic (exact) mass is 391 g/mol. The van der Waals surface area contributed by atoms with E-state index in [1.807, 2.05) is 6.07 Å². The second kappa shape index (κ2) is 9.56. The third-order valence-electron chi connectivity index (χ3n) is 5.36. The Bertz CT molecular complexity index is 929. The number of fused-ring (bicyclic) bond motifs is 1. The molecule has 0 saturated carbocycles. The van der Waals surface area contributed by atoms with Gasteiger partial charge in [-0.2, -0.15) is 0 Å². The van der Waals surface area contributed by atoms with Crippen molar-refractivity contribution in [3.8, 4) is 0 Å². The third kappa shape index (κ3) is 5.15. The quantitative estimate of drug-likeness (QED) is 0.517. The lowest BCUT2D eigenvalue weighted by Gasteiger charge is -2.36. The second-order valence-corrected chi connectivity index (χ2v) is 7.42. The third-order valence-corrected chi connectivity index (χ3v) is 5.36. The van der Waals surface area contributed by atoms with Gasteiger partial charge in [-0.3, -0.25) is 9.89 Å². The van der Waals surface area contributed by atoms with Crippen LogP contribution in [0.1, 0.15) is 18.2 Å². The van der Waals surface area contributed by atoms with E-state index < -0.39 is 0 Å². The number of aliphatic imine (C=N–C) groups is 1. The Morgan fingerprint density at radius 2 is 1.90 bits per heavy atom. The number of hydrogen-bond donors (Lipinski definition) is 1. The number of piperazine rings is 1. The van der Waals surface area contributed by atoms with Crippen molar-refractivity contribution in [1.82, 2.24) is 20.3 Å². The summed E-state index contributed by atoms with van der Waals surface area (Å²) in [6.07, 6.45) is 2.59. The molecule has 0 unspecified atom stereocenters. The molecule has 1 aliphatic heterocycles. The number of guanidine groups is 1. The van der Waals surface area contributed by atoms with Crippen LogP contribution >= 0.6 is 0 Å². The van der Waals surface area contributed by atoms with E-state index in [4.69, 9.17) is 9.52 Å². The molecule has 2 aromatic carbocycles. The number of benzene rings is 2. The van der Waals surface area contributed by atoms with Gasteiger partial charge in [0.05, 0.1) is 5.69 Å². The summed E-state index contributed by atoms with van der Waals surface area (Å²) in [5.41, 5.74) is 2.33. The molecular weight excluding hydrogens is 362 g/mol. The molecule has 29 heavy (non-hydrogen) atoms. The minimum atomic E-state index is 0.791. The SMILES string of the molecule is CCNC(=NCCc1ccc2ccccc2c1)N1CCN(Cc2ccon2)CC1. The number of aromatic nitrogens is 1. The Balaban J connectivity index is 1.32. The molecule has 0 spiro atoms. The van der Waals surface area contributed by atoms with Crippen LogP contribution in [0.4, 0.5) is 0 Å². The van der Waals surface area contributed by atoms with Gasteiger partial charge in [-0.25, -0.2) is 0 Å². The number of nitrogens with zero attached hydrogens (tertiary/aromatic N) is 4. The maximum Gasteiger partial charge on any atom is 0.194 e. The van der Waals surface area contributed by atoms with Crippen molar-refractivity contribution < 1.29 is 4.52 Å². The van der Waals surface area contributed by atoms with E-state index in [1.54, 1.807) is 6.26 Å². The largest absolute Gasteiger partial charge is 0.364 e. The summed E-state index contributed by atoms with van der Waals surface area (Å²) in [6.45, 7) is 8.59. The zero-order valence-electron chi connectivity index (χ0n) is 17.1. The summed E-state index contributed by atoms with van der Waals surface area (Å²) < 4.78 is 4.94. The Morgan fingerprint density at radius 3 is 2.66 bits per heavy atom. The fourth-order valence-corrected chi connectivity index (χ4v) is 3.78. The summed E-state index contributed by atoms with van der Waals surface area (Å²) in [5, 5.41) is 10.1. The Labute approximate surface area is 172 Å². The highest BCUT2D eigenvalue weighted by atomic mass is 16.5. The van der Waals surface area contributed by atoms with Gasteiger partial charge in [0.2, 0.25) is 0 Å². The van der Waals surface area contributed by atoms with E-state index in [0.717, 1.165) is 63.9 Å². The van der Waals surface area contributed by atoms with Crippen molar-refractivity contribution in [2.24, 2.45) is 4.99 Å². The fraction of sp³-hybridized carbons (Fsp3) is 0.391. The molecule has 1 saturated heterocycles. The van der Waals surface area contributed by atoms with Crippen LogP contribution in [0.3, 0.4) is 0 Å². The van der Waals surface area contributed by atoms with E-state index in [1.165, 1.54) is 16.3 Å². The Kier molecular flexibility index (Phi) is 6.42. The molecule has 0 amide bonds. The van der Waals surface area contributed by atoms with Crippen LogP contribution in [0, 0.1) is 0 Å². The molecule has 1 aliphatic rings. The van der Waals surface area contributed by atoms with Crippen LogP contribution in [-0.2, 0) is 13.0 Å². The van der Waals surface area contributed by atoms with E-state index in [0.29, 0.717) is 0 Å². The zero-order valence-corrected chi connectivity index (χ0v) is 17.1. The lowest BCUT2D eigenvalue weighted by Crippen LogP contribution is -2.52. The van der Waals surface area contributed by atoms with Crippen molar-refractivity contribution in [2.45, 2.75) is 19.9 Å². The molecule has 1 fully saturated rings. The van der Waals surface area contributed by atoms with E-state index in [2.05, 4.69) is 69.7 Å². The highest BCUT2D eigenvalue weighted by Crippen LogP contribution is 2.16. The topological polar surface area (TPSA) is 56.9 Å². The van der Waals surface area contributed by atoms with Gasteiger partial charge in [0.25, 0.3) is 0 Å². The average molecular weight is 392 g/mol. The van der Waals surface area contributed by atoms with Crippen molar-refractivity contribution in [2.75, 3.05) is 39.3 Å². The highest BCUT2D eigenvalue weighted by Gasteiger charge is 2.20. The van der Waals surface area contributed by atoms with Crippen molar-refractivity contribution >= 4 is 16.7 Å². The van der Waals surface area contributed by atoms with Crippen LogP contribution in [0.15, 0.2) is 64.3 Å². The predicted molar refractivity (Wildman–Crippen MR) is 117 cm³/mol. The minimum absolute atomic E-state index is 0.791. The smallest absolute Gasteiger partial charge is 0.194 e. The molecule has 6 heteroatoms. The van der Waals surface area contributed by atoms with Gasteiger partial charge in [0.1, 0.15) is 6.26 Å². The van der Waals surface area contributed by atoms with Crippen LogP contribution in [-0.4, -0.2) is 60.2 Å². The molecule has 1 aromatic heterocycles. The van der Waals surface area contributed by atoms with Crippen LogP contribution in [0.5, 0.6) is 0 Å². The first-order valence-corrected chi connectivity index (χ1v) is 10.4. The molecule has 0 bridgehead atoms. The molecule has 0 radical (unpaired) electrons. The first-order chi connectivity index (χ1) is 14.3. The normalized spacial score (nSPS) is 15.8. The van der Waals surface area contributed by atoms with Crippen LogP contribution < -0.4 is 5.32 Å². The van der Waals surface area contributed by atoms with Crippen molar-refractivity contribution in [3.05, 3.63) is 66.1 Å². The second-order valence-electron chi connectivity index (χ2n) is 7.42. The lowest BCUT2D eigenvalue weighted by atomic mass is 10.1. The molecule has 2 heterocycles. The predicted octanol–water partition coefficient (Wildman–Crippen LogP) is 3.15. The maximum atomic E-state index is 4.94. The first-order valence-electron chi connectivity index (χ1n) is 10.4. The van der Waals surface area contributed by atoms with Gasteiger partial charge in [0, 0.05) is 51.9 Å². The maximum absolute atomic E-state index is 4.94. The molecule has 6 nitrogen and oxygen atoms in total. The molecule has 0 atom stereocenters. The highest BCUT2D eigenvalue weighted by molar-refractivity contribution is 5.83. The fourth-order valence-electron chi connectivity index (χ4n) is 3.78. The zero-order chi connectivity index (χ0) is 19.9. The van der Waals surface area contributed by atoms with Gasteiger partial charge in [-0.1, -0.05) is 47.6 Å². The summed E-state index contributed by atoms with van der Waals surface area (Å²) in [4.78, 5) is 9.67. The first kappa shape index (κ1) is 19.5. The lowest BCUT2D eigenvalue weighted by molar-refractivity contribution is 0.169. The standard InChI is InChI=1S/C23H29N5O/c1-2-24-23(28-14-12-27(13-15-28)18-22-10-16-29-26-22)25-11-9-19-7-8-20-5-3-4-6-21(20)17-19/h3-8,10,16-17H,2,9,11-15,18H2,1H3,(H,24,25). The van der Waals surface area contributed by atoms with E-state index in [-0.39, 0.29) is 0 Å². The molecule has 152 valence electrons. The van der Waals surface area contributed by atoms with Crippen molar-refractivity contribution in [1.29, 1.82) is 0 Å². The minimum Gasteiger partial charge on any atom is -0.364 e. The molecule has 4 rings (SSSR count). The number of hydrogen-bond acceptors (Lipinski definition) is 4. The van der Waals surface area contributed by atoms with Crippen molar-refractivity contribution in [3.63, 3.8) is 0 Å². The van der Waals surface area contributed by atoms with Gasteiger partial charge in [-0.05, 0) is 29.7 Å². The van der Waals surface area contributed by atoms with Gasteiger partial charge < -0.3 is 14.7 Å². The van der Waals surface area contributed by atoms with Crippen LogP contribution in [0.25, 0.3) is 10.8 Å². The molecule has 0 aliphatic carbocycles. The van der Waals surface area contributed by atoms with Gasteiger partial charge in [0.15, 0.2) is 5.96 Å². The summed E-state index contributed by atoms with van der Waals surface area (Å²) in [5.74, 6) is 1.02. The molecule has 1 N–H and O–H groups in total. The average Bonchev–Trinajstić information content (AvgIpc) is 3.27. The summed E-state index contributed by atoms with van der Waals surface area (Å²) >= 11 is 0. The Morgan fingerprint density at radius 1 is 1.07 bits per heavy atom. The Hall–Kier alpha value is -2.86. The number of rotatable bonds is 6. The number of nitrogens with one attached hydrogen (secondary N) is 1. The van der Waals surface area contributed by atoms with E-state index in [9.17, 15) is 0 Å². The van der Waals surface area contributed by atoms with Crippen LogP contribution in [0.2, 0.25) is 0 Å². The molecular formula is C23H29N5O. The molecule has 3 aromatic rings. The summed E-state index contributed by atoms with van der Waals surface area (Å²) in [6, 6.07) is 17.1. The van der Waals surface area contributed by atoms with Gasteiger partial charge >= 0.3 is 0 Å².